The van der Waals surface area contributed by atoms with Gasteiger partial charge in [-0.1, -0.05) is 6.07 Å². The monoisotopic (exact) mass is 279 g/mol. The molecule has 1 aromatic carbocycles. The van der Waals surface area contributed by atoms with E-state index in [1.54, 1.807) is 0 Å². The Morgan fingerprint density at radius 2 is 2.05 bits per heavy atom. The minimum atomic E-state index is -0.548. The van der Waals surface area contributed by atoms with Crippen molar-refractivity contribution in [2.24, 2.45) is 0 Å². The number of benzene rings is 1. The fourth-order valence-electron chi connectivity index (χ4n) is 2.57. The van der Waals surface area contributed by atoms with Crippen molar-refractivity contribution in [1.82, 2.24) is 5.32 Å². The maximum Gasteiger partial charge on any atom is 0.161 e. The predicted molar refractivity (Wildman–Crippen MR) is 74.2 cm³/mol. The molecule has 0 aromatic heterocycles. The van der Waals surface area contributed by atoms with Crippen molar-refractivity contribution in [1.29, 1.82) is 0 Å². The first kappa shape index (κ1) is 13.7. The lowest BCUT2D eigenvalue weighted by Gasteiger charge is -2.25. The molecule has 0 spiro atoms. The maximum absolute atomic E-state index is 10.3. The Labute approximate surface area is 118 Å². The SMILES string of the molecule is OC(CNC1CCCOC1)c1ccc2c(c1)OCCO2. The average molecular weight is 279 g/mol. The summed E-state index contributed by atoms with van der Waals surface area (Å²) in [5, 5.41) is 13.6. The molecule has 2 heterocycles. The van der Waals surface area contributed by atoms with Crippen LogP contribution in [0.3, 0.4) is 0 Å². The fraction of sp³-hybridized carbons (Fsp3) is 0.600. The van der Waals surface area contributed by atoms with Gasteiger partial charge < -0.3 is 24.6 Å². The van der Waals surface area contributed by atoms with Crippen LogP contribution >= 0.6 is 0 Å². The second-order valence-electron chi connectivity index (χ2n) is 5.24. The maximum atomic E-state index is 10.3. The number of ether oxygens (including phenoxy) is 3. The Kier molecular flexibility index (Phi) is 4.40. The molecule has 2 aliphatic heterocycles. The molecular formula is C15H21NO4. The summed E-state index contributed by atoms with van der Waals surface area (Å²) >= 11 is 0. The molecule has 20 heavy (non-hydrogen) atoms. The molecule has 0 saturated carbocycles. The van der Waals surface area contributed by atoms with Gasteiger partial charge in [0, 0.05) is 19.2 Å². The second-order valence-corrected chi connectivity index (χ2v) is 5.24. The molecule has 1 fully saturated rings. The molecule has 1 aromatic rings. The van der Waals surface area contributed by atoms with Crippen LogP contribution in [0, 0.1) is 0 Å². The van der Waals surface area contributed by atoms with Crippen LogP contribution in [0.4, 0.5) is 0 Å². The van der Waals surface area contributed by atoms with Crippen LogP contribution in [0.25, 0.3) is 0 Å². The first-order valence-corrected chi connectivity index (χ1v) is 7.21. The van der Waals surface area contributed by atoms with E-state index in [2.05, 4.69) is 5.32 Å². The highest BCUT2D eigenvalue weighted by atomic mass is 16.6. The zero-order valence-corrected chi connectivity index (χ0v) is 11.5. The topological polar surface area (TPSA) is 60.0 Å². The second kappa shape index (κ2) is 6.43. The van der Waals surface area contributed by atoms with Crippen LogP contribution < -0.4 is 14.8 Å². The summed E-state index contributed by atoms with van der Waals surface area (Å²) < 4.78 is 16.4. The van der Waals surface area contributed by atoms with Crippen molar-refractivity contribution in [3.05, 3.63) is 23.8 Å². The van der Waals surface area contributed by atoms with Crippen molar-refractivity contribution >= 4 is 0 Å². The van der Waals surface area contributed by atoms with Crippen LogP contribution in [0.5, 0.6) is 11.5 Å². The predicted octanol–water partition coefficient (Wildman–Crippen LogP) is 1.26. The third-order valence-electron chi connectivity index (χ3n) is 3.71. The quantitative estimate of drug-likeness (QED) is 0.869. The highest BCUT2D eigenvalue weighted by Crippen LogP contribution is 2.32. The Morgan fingerprint density at radius 3 is 2.85 bits per heavy atom. The molecule has 110 valence electrons. The highest BCUT2D eigenvalue weighted by Gasteiger charge is 2.18. The highest BCUT2D eigenvalue weighted by molar-refractivity contribution is 5.44. The van der Waals surface area contributed by atoms with E-state index in [0.717, 1.165) is 37.4 Å². The van der Waals surface area contributed by atoms with Gasteiger partial charge in [0.2, 0.25) is 0 Å². The van der Waals surface area contributed by atoms with Crippen LogP contribution in [0.15, 0.2) is 18.2 Å². The molecule has 2 aliphatic rings. The van der Waals surface area contributed by atoms with Crippen LogP contribution in [-0.4, -0.2) is 44.1 Å². The fourth-order valence-corrected chi connectivity index (χ4v) is 2.57. The summed E-state index contributed by atoms with van der Waals surface area (Å²) in [5.74, 6) is 1.47. The van der Waals surface area contributed by atoms with Gasteiger partial charge in [-0.25, -0.2) is 0 Å². The molecule has 2 unspecified atom stereocenters. The van der Waals surface area contributed by atoms with E-state index in [0.29, 0.717) is 31.5 Å². The zero-order chi connectivity index (χ0) is 13.8. The van der Waals surface area contributed by atoms with Crippen LogP contribution in [0.2, 0.25) is 0 Å². The first-order valence-electron chi connectivity index (χ1n) is 7.21. The molecule has 0 radical (unpaired) electrons. The number of hydrogen-bond donors (Lipinski definition) is 2. The molecule has 1 saturated heterocycles. The number of rotatable bonds is 4. The minimum Gasteiger partial charge on any atom is -0.486 e. The van der Waals surface area contributed by atoms with E-state index < -0.39 is 6.10 Å². The van der Waals surface area contributed by atoms with Gasteiger partial charge in [0.05, 0.1) is 12.7 Å². The van der Waals surface area contributed by atoms with Gasteiger partial charge in [-0.05, 0) is 30.5 Å². The summed E-state index contributed by atoms with van der Waals surface area (Å²) in [6, 6.07) is 5.95. The zero-order valence-electron chi connectivity index (χ0n) is 11.5. The lowest BCUT2D eigenvalue weighted by molar-refractivity contribution is 0.0638. The lowest BCUT2D eigenvalue weighted by atomic mass is 10.1. The van der Waals surface area contributed by atoms with Crippen LogP contribution in [0.1, 0.15) is 24.5 Å². The molecular weight excluding hydrogens is 258 g/mol. The van der Waals surface area contributed by atoms with Crippen molar-refractivity contribution in [3.8, 4) is 11.5 Å². The van der Waals surface area contributed by atoms with Crippen molar-refractivity contribution in [2.45, 2.75) is 25.0 Å². The summed E-state index contributed by atoms with van der Waals surface area (Å²) in [7, 11) is 0. The van der Waals surface area contributed by atoms with E-state index in [4.69, 9.17) is 14.2 Å². The summed E-state index contributed by atoms with van der Waals surface area (Å²) in [4.78, 5) is 0. The third kappa shape index (κ3) is 3.23. The number of aliphatic hydroxyl groups is 1. The summed E-state index contributed by atoms with van der Waals surface area (Å²) in [6.45, 7) is 3.24. The van der Waals surface area contributed by atoms with E-state index in [-0.39, 0.29) is 0 Å². The minimum absolute atomic E-state index is 0.343. The molecule has 5 heteroatoms. The molecule has 0 aliphatic carbocycles. The molecule has 2 atom stereocenters. The van der Waals surface area contributed by atoms with Gasteiger partial charge in [0.15, 0.2) is 11.5 Å². The first-order chi connectivity index (χ1) is 9.83. The molecule has 2 N–H and O–H groups in total. The Morgan fingerprint density at radius 1 is 1.20 bits per heavy atom. The van der Waals surface area contributed by atoms with E-state index >= 15 is 0 Å². The van der Waals surface area contributed by atoms with Crippen molar-refractivity contribution < 1.29 is 19.3 Å². The van der Waals surface area contributed by atoms with Gasteiger partial charge in [0.25, 0.3) is 0 Å². The lowest BCUT2D eigenvalue weighted by Crippen LogP contribution is -2.38. The standard InChI is InChI=1S/C15H21NO4/c17-13(9-16-12-2-1-5-18-10-12)11-3-4-14-15(8-11)20-7-6-19-14/h3-4,8,12-13,16-17H,1-2,5-7,9-10H2. The molecule has 0 amide bonds. The number of hydrogen-bond acceptors (Lipinski definition) is 5. The van der Waals surface area contributed by atoms with Gasteiger partial charge in [-0.15, -0.1) is 0 Å². The van der Waals surface area contributed by atoms with Gasteiger partial charge >= 0.3 is 0 Å². The summed E-state index contributed by atoms with van der Waals surface area (Å²) in [5.41, 5.74) is 0.846. The third-order valence-corrected chi connectivity index (χ3v) is 3.71. The van der Waals surface area contributed by atoms with E-state index in [9.17, 15) is 5.11 Å². The summed E-state index contributed by atoms with van der Waals surface area (Å²) in [6.07, 6.45) is 1.64. The molecule has 5 nitrogen and oxygen atoms in total. The number of nitrogens with one attached hydrogen (secondary N) is 1. The molecule has 0 bridgehead atoms. The largest absolute Gasteiger partial charge is 0.486 e. The number of aliphatic hydroxyl groups excluding tert-OH is 1. The smallest absolute Gasteiger partial charge is 0.161 e. The Balaban J connectivity index is 1.57. The van der Waals surface area contributed by atoms with Crippen LogP contribution in [-0.2, 0) is 4.74 Å². The van der Waals surface area contributed by atoms with E-state index in [1.807, 2.05) is 18.2 Å². The van der Waals surface area contributed by atoms with Gasteiger partial charge in [-0.3, -0.25) is 0 Å². The van der Waals surface area contributed by atoms with Crippen molar-refractivity contribution in [3.63, 3.8) is 0 Å². The average Bonchev–Trinajstić information content (AvgIpc) is 2.53. The van der Waals surface area contributed by atoms with Gasteiger partial charge in [0.1, 0.15) is 13.2 Å². The van der Waals surface area contributed by atoms with E-state index in [1.165, 1.54) is 0 Å². The van der Waals surface area contributed by atoms with Crippen molar-refractivity contribution in [2.75, 3.05) is 33.0 Å². The number of fused-ring (bicyclic) bond motifs is 1. The normalized spacial score (nSPS) is 23.4. The Bertz CT molecular complexity index is 445. The van der Waals surface area contributed by atoms with Gasteiger partial charge in [-0.2, -0.15) is 0 Å². The molecule has 3 rings (SSSR count). The Hall–Kier alpha value is -1.30.